The van der Waals surface area contributed by atoms with Crippen LogP contribution in [0.15, 0.2) is 18.5 Å². The number of nitrogens with zero attached hydrogens (tertiary/aromatic N) is 3. The molecule has 1 fully saturated rings. The second-order valence-electron chi connectivity index (χ2n) is 5.32. The van der Waals surface area contributed by atoms with Crippen LogP contribution >= 0.6 is 0 Å². The van der Waals surface area contributed by atoms with E-state index in [2.05, 4.69) is 15.3 Å². The molecule has 2 aromatic heterocycles. The second kappa shape index (κ2) is 6.29. The molecule has 1 unspecified atom stereocenters. The number of fused-ring (bicyclic) bond motifs is 1. The Morgan fingerprint density at radius 3 is 3.00 bits per heavy atom. The van der Waals surface area contributed by atoms with E-state index in [4.69, 9.17) is 9.84 Å². The highest BCUT2D eigenvalue weighted by Gasteiger charge is 2.22. The van der Waals surface area contributed by atoms with Gasteiger partial charge in [-0.1, -0.05) is 0 Å². The average Bonchev–Trinajstić information content (AvgIpc) is 3.01. The summed E-state index contributed by atoms with van der Waals surface area (Å²) in [5, 5.41) is 22.4. The van der Waals surface area contributed by atoms with E-state index in [9.17, 15) is 9.90 Å². The molecule has 0 aromatic carbocycles. The number of hydrogen-bond acceptors (Lipinski definition) is 6. The molecule has 8 heteroatoms. The summed E-state index contributed by atoms with van der Waals surface area (Å²) in [6, 6.07) is 1.41. The van der Waals surface area contributed by atoms with Crippen molar-refractivity contribution < 1.29 is 19.7 Å². The van der Waals surface area contributed by atoms with E-state index < -0.39 is 12.1 Å². The fourth-order valence-corrected chi connectivity index (χ4v) is 2.62. The maximum Gasteiger partial charge on any atom is 0.354 e. The zero-order chi connectivity index (χ0) is 15.5. The van der Waals surface area contributed by atoms with Crippen LogP contribution < -0.4 is 5.32 Å². The number of anilines is 1. The molecule has 3 heterocycles. The number of aliphatic hydroxyl groups is 1. The van der Waals surface area contributed by atoms with E-state index in [1.807, 2.05) is 0 Å². The lowest BCUT2D eigenvalue weighted by atomic mass is 9.94. The number of carboxylic acid groups (broad SMARTS) is 1. The quantitative estimate of drug-likeness (QED) is 0.743. The number of aromatic nitrogens is 3. The predicted octanol–water partition coefficient (Wildman–Crippen LogP) is 0.627. The first-order chi connectivity index (χ1) is 10.6. The Labute approximate surface area is 126 Å². The molecule has 0 radical (unpaired) electrons. The van der Waals surface area contributed by atoms with Gasteiger partial charge in [-0.05, 0) is 18.8 Å². The topological polar surface area (TPSA) is 109 Å². The summed E-state index contributed by atoms with van der Waals surface area (Å²) in [7, 11) is 0. The molecule has 3 N–H and O–H groups in total. The number of aromatic carboxylic acids is 1. The number of hydrogen-bond donors (Lipinski definition) is 3. The van der Waals surface area contributed by atoms with Gasteiger partial charge in [0.05, 0.1) is 6.10 Å². The smallest absolute Gasteiger partial charge is 0.354 e. The second-order valence-corrected chi connectivity index (χ2v) is 5.32. The summed E-state index contributed by atoms with van der Waals surface area (Å²) in [5.74, 6) is -0.570. The van der Waals surface area contributed by atoms with Crippen molar-refractivity contribution in [1.82, 2.24) is 14.4 Å². The summed E-state index contributed by atoms with van der Waals surface area (Å²) >= 11 is 0. The standard InChI is InChI=1S/C14H18N4O4/c19-11(9-1-5-22-6-2-9)8-16-14-17-10(13(20)21)7-12-15-3-4-18(12)14/h3-4,7,9,11,19H,1-2,5-6,8H2,(H,16,17)(H,20,21). The molecule has 8 nitrogen and oxygen atoms in total. The molecule has 0 amide bonds. The molecular formula is C14H18N4O4. The Hall–Kier alpha value is -2.19. The van der Waals surface area contributed by atoms with Crippen LogP contribution in [-0.2, 0) is 4.74 Å². The van der Waals surface area contributed by atoms with Gasteiger partial charge in [0.15, 0.2) is 5.69 Å². The van der Waals surface area contributed by atoms with E-state index in [0.717, 1.165) is 12.8 Å². The first-order valence-corrected chi connectivity index (χ1v) is 7.22. The summed E-state index contributed by atoms with van der Waals surface area (Å²) < 4.78 is 6.94. The zero-order valence-corrected chi connectivity index (χ0v) is 12.0. The SMILES string of the molecule is O=C(O)c1cc2nccn2c(NCC(O)C2CCOCC2)n1. The van der Waals surface area contributed by atoms with Crippen LogP contribution in [0.5, 0.6) is 0 Å². The highest BCUT2D eigenvalue weighted by atomic mass is 16.5. The van der Waals surface area contributed by atoms with Crippen LogP contribution in [-0.4, -0.2) is 56.4 Å². The highest BCUT2D eigenvalue weighted by molar-refractivity contribution is 5.87. The molecule has 1 saturated heterocycles. The van der Waals surface area contributed by atoms with Crippen molar-refractivity contribution in [1.29, 1.82) is 0 Å². The van der Waals surface area contributed by atoms with E-state index in [-0.39, 0.29) is 11.6 Å². The number of imidazole rings is 1. The van der Waals surface area contributed by atoms with Gasteiger partial charge in [0.2, 0.25) is 5.95 Å². The summed E-state index contributed by atoms with van der Waals surface area (Å²) in [4.78, 5) is 19.3. The third kappa shape index (κ3) is 3.02. The van der Waals surface area contributed by atoms with E-state index in [1.165, 1.54) is 6.07 Å². The minimum absolute atomic E-state index is 0.0817. The lowest BCUT2D eigenvalue weighted by Crippen LogP contribution is -2.33. The predicted molar refractivity (Wildman–Crippen MR) is 78.0 cm³/mol. The molecule has 0 saturated carbocycles. The van der Waals surface area contributed by atoms with Gasteiger partial charge in [-0.2, -0.15) is 0 Å². The molecule has 1 aliphatic heterocycles. The lowest BCUT2D eigenvalue weighted by molar-refractivity contribution is 0.0131. The average molecular weight is 306 g/mol. The summed E-state index contributed by atoms with van der Waals surface area (Å²) in [5.41, 5.74) is 0.414. The van der Waals surface area contributed by atoms with Crippen molar-refractivity contribution in [2.45, 2.75) is 18.9 Å². The molecular weight excluding hydrogens is 288 g/mol. The minimum Gasteiger partial charge on any atom is -0.477 e. The van der Waals surface area contributed by atoms with Crippen LogP contribution in [0, 0.1) is 5.92 Å². The molecule has 0 spiro atoms. The van der Waals surface area contributed by atoms with Gasteiger partial charge in [-0.25, -0.2) is 14.8 Å². The molecule has 0 aliphatic carbocycles. The first kappa shape index (κ1) is 14.7. The number of ether oxygens (including phenoxy) is 1. The summed E-state index contributed by atoms with van der Waals surface area (Å²) in [6.07, 6.45) is 4.38. The van der Waals surface area contributed by atoms with Gasteiger partial charge in [0.1, 0.15) is 5.65 Å². The number of carbonyl (C=O) groups is 1. The first-order valence-electron chi connectivity index (χ1n) is 7.22. The van der Waals surface area contributed by atoms with Gasteiger partial charge in [-0.15, -0.1) is 0 Å². The van der Waals surface area contributed by atoms with Crippen molar-refractivity contribution in [3.63, 3.8) is 0 Å². The van der Waals surface area contributed by atoms with Crippen LogP contribution in [0.4, 0.5) is 5.95 Å². The highest BCUT2D eigenvalue weighted by Crippen LogP contribution is 2.19. The van der Waals surface area contributed by atoms with Crippen molar-refractivity contribution in [2.24, 2.45) is 5.92 Å². The number of rotatable bonds is 5. The monoisotopic (exact) mass is 306 g/mol. The van der Waals surface area contributed by atoms with Crippen LogP contribution in [0.3, 0.4) is 0 Å². The molecule has 22 heavy (non-hydrogen) atoms. The Morgan fingerprint density at radius 2 is 2.27 bits per heavy atom. The number of nitrogens with one attached hydrogen (secondary N) is 1. The van der Waals surface area contributed by atoms with E-state index >= 15 is 0 Å². The maximum absolute atomic E-state index is 11.1. The van der Waals surface area contributed by atoms with Gasteiger partial charge < -0.3 is 20.3 Å². The van der Waals surface area contributed by atoms with E-state index in [1.54, 1.807) is 16.8 Å². The van der Waals surface area contributed by atoms with Gasteiger partial charge in [0, 0.05) is 38.2 Å². The largest absolute Gasteiger partial charge is 0.477 e. The van der Waals surface area contributed by atoms with Crippen molar-refractivity contribution >= 4 is 17.6 Å². The Bertz CT molecular complexity index is 666. The lowest BCUT2D eigenvalue weighted by Gasteiger charge is -2.27. The van der Waals surface area contributed by atoms with Crippen molar-refractivity contribution in [2.75, 3.05) is 25.1 Å². The van der Waals surface area contributed by atoms with Crippen molar-refractivity contribution in [3.8, 4) is 0 Å². The zero-order valence-electron chi connectivity index (χ0n) is 12.0. The third-order valence-corrected chi connectivity index (χ3v) is 3.89. The minimum atomic E-state index is -1.11. The Morgan fingerprint density at radius 1 is 1.50 bits per heavy atom. The Kier molecular flexibility index (Phi) is 4.21. The molecule has 3 rings (SSSR count). The molecule has 1 atom stereocenters. The fraction of sp³-hybridized carbons (Fsp3) is 0.500. The molecule has 2 aromatic rings. The number of aliphatic hydroxyl groups excluding tert-OH is 1. The molecule has 1 aliphatic rings. The summed E-state index contributed by atoms with van der Waals surface area (Å²) in [6.45, 7) is 1.63. The van der Waals surface area contributed by atoms with Gasteiger partial charge in [0.25, 0.3) is 0 Å². The molecule has 0 bridgehead atoms. The van der Waals surface area contributed by atoms with Crippen LogP contribution in [0.2, 0.25) is 0 Å². The van der Waals surface area contributed by atoms with Gasteiger partial charge in [-0.3, -0.25) is 4.40 Å². The fourth-order valence-electron chi connectivity index (χ4n) is 2.62. The molecule has 118 valence electrons. The van der Waals surface area contributed by atoms with Crippen LogP contribution in [0.1, 0.15) is 23.3 Å². The number of carboxylic acids is 1. The van der Waals surface area contributed by atoms with Crippen molar-refractivity contribution in [3.05, 3.63) is 24.2 Å². The maximum atomic E-state index is 11.1. The normalized spacial score (nSPS) is 17.5. The van der Waals surface area contributed by atoms with E-state index in [0.29, 0.717) is 31.4 Å². The van der Waals surface area contributed by atoms with Crippen LogP contribution in [0.25, 0.3) is 5.65 Å². The van der Waals surface area contributed by atoms with Gasteiger partial charge >= 0.3 is 5.97 Å². The third-order valence-electron chi connectivity index (χ3n) is 3.89. The Balaban J connectivity index is 1.75.